The molecule has 0 aliphatic rings. The zero-order valence-corrected chi connectivity index (χ0v) is 16.1. The molecule has 8 heteroatoms. The second-order valence-electron chi connectivity index (χ2n) is 5.98. The van der Waals surface area contributed by atoms with Crippen molar-refractivity contribution in [2.75, 3.05) is 24.6 Å². The first-order valence-electron chi connectivity index (χ1n) is 9.20. The molecular weight excluding hydrogens is 360 g/mol. The summed E-state index contributed by atoms with van der Waals surface area (Å²) in [5.74, 6) is -0.166. The molecule has 28 heavy (non-hydrogen) atoms. The lowest BCUT2D eigenvalue weighted by Gasteiger charge is -2.23. The van der Waals surface area contributed by atoms with Crippen LogP contribution in [0.3, 0.4) is 0 Å². The van der Waals surface area contributed by atoms with Gasteiger partial charge in [0.05, 0.1) is 22.9 Å². The van der Waals surface area contributed by atoms with Gasteiger partial charge in [0, 0.05) is 37.3 Å². The summed E-state index contributed by atoms with van der Waals surface area (Å²) in [5.41, 5.74) is 2.29. The fourth-order valence-electron chi connectivity index (χ4n) is 2.60. The molecule has 0 saturated heterocycles. The average Bonchev–Trinajstić information content (AvgIpc) is 2.71. The third kappa shape index (κ3) is 6.46. The number of nitro benzene ring substituents is 1. The highest BCUT2D eigenvalue weighted by atomic mass is 16.6. The average molecular weight is 384 g/mol. The van der Waals surface area contributed by atoms with E-state index in [-0.39, 0.29) is 11.7 Å². The lowest BCUT2D eigenvalue weighted by molar-refractivity contribution is -0.384. The number of anilines is 1. The zero-order valence-electron chi connectivity index (χ0n) is 16.1. The first kappa shape index (κ1) is 21.0. The SMILES string of the molecule is CCOC(=O)CCCN(CC)c1ccc(/N=N/c2ccc([N+](=O)[O-])cc2)cc1. The molecule has 0 N–H and O–H groups in total. The fraction of sp³-hybridized carbons (Fsp3) is 0.350. The number of carbonyl (C=O) groups excluding carboxylic acids is 1. The first-order chi connectivity index (χ1) is 13.5. The van der Waals surface area contributed by atoms with Gasteiger partial charge in [0.15, 0.2) is 0 Å². The van der Waals surface area contributed by atoms with Crippen molar-refractivity contribution < 1.29 is 14.5 Å². The maximum Gasteiger partial charge on any atom is 0.305 e. The Labute approximate surface area is 164 Å². The molecule has 148 valence electrons. The number of hydrogen-bond donors (Lipinski definition) is 0. The van der Waals surface area contributed by atoms with Gasteiger partial charge in [-0.2, -0.15) is 10.2 Å². The highest BCUT2D eigenvalue weighted by Crippen LogP contribution is 2.23. The number of benzene rings is 2. The second-order valence-corrected chi connectivity index (χ2v) is 5.98. The number of ether oxygens (including phenoxy) is 1. The minimum Gasteiger partial charge on any atom is -0.466 e. The monoisotopic (exact) mass is 384 g/mol. The maximum atomic E-state index is 11.4. The molecule has 2 rings (SSSR count). The van der Waals surface area contributed by atoms with E-state index in [2.05, 4.69) is 22.1 Å². The van der Waals surface area contributed by atoms with Crippen LogP contribution in [0, 0.1) is 10.1 Å². The molecule has 0 fully saturated rings. The van der Waals surface area contributed by atoms with Gasteiger partial charge in [-0.3, -0.25) is 14.9 Å². The maximum absolute atomic E-state index is 11.4. The van der Waals surface area contributed by atoms with E-state index in [0.717, 1.165) is 25.2 Å². The number of non-ortho nitro benzene ring substituents is 1. The van der Waals surface area contributed by atoms with Crippen molar-refractivity contribution in [1.82, 2.24) is 0 Å². The third-order valence-corrected chi connectivity index (χ3v) is 4.05. The van der Waals surface area contributed by atoms with E-state index < -0.39 is 4.92 Å². The molecule has 2 aromatic rings. The Kier molecular flexibility index (Phi) is 8.08. The van der Waals surface area contributed by atoms with Crippen LogP contribution in [0.5, 0.6) is 0 Å². The van der Waals surface area contributed by atoms with Crippen LogP contribution in [-0.2, 0) is 9.53 Å². The first-order valence-corrected chi connectivity index (χ1v) is 9.20. The van der Waals surface area contributed by atoms with Gasteiger partial charge in [-0.25, -0.2) is 0 Å². The van der Waals surface area contributed by atoms with Crippen molar-refractivity contribution in [2.24, 2.45) is 10.2 Å². The summed E-state index contributed by atoms with van der Waals surface area (Å²) in [6, 6.07) is 13.5. The van der Waals surface area contributed by atoms with Crippen molar-refractivity contribution in [2.45, 2.75) is 26.7 Å². The lowest BCUT2D eigenvalue weighted by atomic mass is 10.2. The number of esters is 1. The highest BCUT2D eigenvalue weighted by molar-refractivity contribution is 5.69. The van der Waals surface area contributed by atoms with E-state index in [4.69, 9.17) is 4.74 Å². The lowest BCUT2D eigenvalue weighted by Crippen LogP contribution is -2.24. The molecule has 0 amide bonds. The summed E-state index contributed by atoms with van der Waals surface area (Å²) < 4.78 is 4.95. The van der Waals surface area contributed by atoms with Gasteiger partial charge in [0.25, 0.3) is 5.69 Å². The van der Waals surface area contributed by atoms with Crippen molar-refractivity contribution in [3.63, 3.8) is 0 Å². The molecule has 0 saturated carbocycles. The molecule has 0 unspecified atom stereocenters. The van der Waals surface area contributed by atoms with Crippen LogP contribution in [0.15, 0.2) is 58.8 Å². The van der Waals surface area contributed by atoms with Gasteiger partial charge < -0.3 is 9.64 Å². The fourth-order valence-corrected chi connectivity index (χ4v) is 2.60. The molecule has 0 aliphatic carbocycles. The van der Waals surface area contributed by atoms with Crippen LogP contribution < -0.4 is 4.90 Å². The Morgan fingerprint density at radius 2 is 1.61 bits per heavy atom. The summed E-state index contributed by atoms with van der Waals surface area (Å²) in [5, 5.41) is 18.9. The molecule has 0 heterocycles. The number of hydrogen-bond acceptors (Lipinski definition) is 7. The van der Waals surface area contributed by atoms with Crippen LogP contribution in [0.1, 0.15) is 26.7 Å². The van der Waals surface area contributed by atoms with Crippen LogP contribution in [0.25, 0.3) is 0 Å². The van der Waals surface area contributed by atoms with E-state index in [9.17, 15) is 14.9 Å². The molecule has 0 atom stereocenters. The third-order valence-electron chi connectivity index (χ3n) is 4.05. The quantitative estimate of drug-likeness (QED) is 0.243. The number of rotatable bonds is 10. The summed E-state index contributed by atoms with van der Waals surface area (Å²) in [6.45, 7) is 5.86. The number of nitro groups is 1. The molecular formula is C20H24N4O4. The minimum absolute atomic E-state index is 0.0194. The predicted octanol–water partition coefficient (Wildman–Crippen LogP) is 5.18. The van der Waals surface area contributed by atoms with Gasteiger partial charge >= 0.3 is 5.97 Å². The van der Waals surface area contributed by atoms with Crippen LogP contribution in [0.4, 0.5) is 22.7 Å². The molecule has 0 aliphatic heterocycles. The van der Waals surface area contributed by atoms with Crippen molar-refractivity contribution in [3.8, 4) is 0 Å². The van der Waals surface area contributed by atoms with Crippen LogP contribution >= 0.6 is 0 Å². The molecule has 0 radical (unpaired) electrons. The summed E-state index contributed by atoms with van der Waals surface area (Å²) in [7, 11) is 0. The van der Waals surface area contributed by atoms with Crippen molar-refractivity contribution >= 4 is 28.7 Å². The van der Waals surface area contributed by atoms with Crippen molar-refractivity contribution in [3.05, 3.63) is 58.6 Å². The van der Waals surface area contributed by atoms with Gasteiger partial charge in [0.1, 0.15) is 0 Å². The Morgan fingerprint density at radius 1 is 1.04 bits per heavy atom. The second kappa shape index (κ2) is 10.8. The van der Waals surface area contributed by atoms with E-state index in [0.29, 0.717) is 24.4 Å². The van der Waals surface area contributed by atoms with Crippen LogP contribution in [-0.4, -0.2) is 30.6 Å². The molecule has 0 bridgehead atoms. The van der Waals surface area contributed by atoms with Gasteiger partial charge in [-0.05, 0) is 56.7 Å². The van der Waals surface area contributed by atoms with Crippen molar-refractivity contribution in [1.29, 1.82) is 0 Å². The predicted molar refractivity (Wildman–Crippen MR) is 107 cm³/mol. The smallest absolute Gasteiger partial charge is 0.305 e. The number of carbonyl (C=O) groups is 1. The molecule has 0 aromatic heterocycles. The Balaban J connectivity index is 1.93. The van der Waals surface area contributed by atoms with E-state index in [1.165, 1.54) is 12.1 Å². The standard InChI is InChI=1S/C20H24N4O4/c1-3-23(15-5-6-20(25)28-4-2)18-11-7-16(8-12-18)21-22-17-9-13-19(14-10-17)24(26)27/h7-14H,3-6,15H2,1-2H3/b22-21+. The molecule has 0 spiro atoms. The normalized spacial score (nSPS) is 10.8. The molecule has 8 nitrogen and oxygen atoms in total. The molecule has 2 aromatic carbocycles. The van der Waals surface area contributed by atoms with E-state index in [1.807, 2.05) is 24.3 Å². The minimum atomic E-state index is -0.453. The van der Waals surface area contributed by atoms with Gasteiger partial charge in [-0.1, -0.05) is 0 Å². The summed E-state index contributed by atoms with van der Waals surface area (Å²) in [6.07, 6.45) is 1.14. The zero-order chi connectivity index (χ0) is 20.4. The van der Waals surface area contributed by atoms with Crippen LogP contribution in [0.2, 0.25) is 0 Å². The Hall–Kier alpha value is -3.29. The number of nitrogens with zero attached hydrogens (tertiary/aromatic N) is 4. The van der Waals surface area contributed by atoms with E-state index in [1.54, 1.807) is 19.1 Å². The Bertz CT molecular complexity index is 804. The summed E-state index contributed by atoms with van der Waals surface area (Å²) in [4.78, 5) is 23.8. The Morgan fingerprint density at radius 3 is 2.11 bits per heavy atom. The van der Waals surface area contributed by atoms with Gasteiger partial charge in [-0.15, -0.1) is 0 Å². The summed E-state index contributed by atoms with van der Waals surface area (Å²) >= 11 is 0. The van der Waals surface area contributed by atoms with E-state index >= 15 is 0 Å². The van der Waals surface area contributed by atoms with Gasteiger partial charge in [0.2, 0.25) is 0 Å². The number of azo groups is 1. The largest absolute Gasteiger partial charge is 0.466 e. The highest BCUT2D eigenvalue weighted by Gasteiger charge is 2.07. The topological polar surface area (TPSA) is 97.4 Å².